The summed E-state index contributed by atoms with van der Waals surface area (Å²) in [5.41, 5.74) is 0.776. The first-order chi connectivity index (χ1) is 8.43. The second-order valence-corrected chi connectivity index (χ2v) is 4.45. The Kier molecular flexibility index (Phi) is 3.09. The minimum atomic E-state index is -1.65. The number of nitrogens with zero attached hydrogens (tertiary/aromatic N) is 1. The molecule has 1 aromatic carbocycles. The van der Waals surface area contributed by atoms with Crippen molar-refractivity contribution in [3.8, 4) is 0 Å². The number of fused-ring (bicyclic) bond motifs is 1. The van der Waals surface area contributed by atoms with Crippen LogP contribution in [0.5, 0.6) is 0 Å². The van der Waals surface area contributed by atoms with E-state index in [0.717, 1.165) is 0 Å². The number of aliphatic hydroxyl groups excluding tert-OH is 1. The fraction of sp³-hybridized carbons (Fsp3) is 0.308. The van der Waals surface area contributed by atoms with E-state index in [0.29, 0.717) is 10.9 Å². The summed E-state index contributed by atoms with van der Waals surface area (Å²) >= 11 is 0. The van der Waals surface area contributed by atoms with Crippen molar-refractivity contribution in [2.75, 3.05) is 0 Å². The van der Waals surface area contributed by atoms with Crippen LogP contribution in [0.2, 0.25) is 0 Å². The van der Waals surface area contributed by atoms with E-state index < -0.39 is 17.9 Å². The quantitative estimate of drug-likeness (QED) is 0.880. The number of carboxylic acid groups (broad SMARTS) is 1. The van der Waals surface area contributed by atoms with E-state index in [1.807, 2.05) is 13.8 Å². The van der Waals surface area contributed by atoms with E-state index in [-0.39, 0.29) is 11.7 Å². The molecule has 5 heteroatoms. The van der Waals surface area contributed by atoms with Crippen molar-refractivity contribution >= 4 is 16.9 Å². The van der Waals surface area contributed by atoms with E-state index in [4.69, 9.17) is 5.11 Å². The number of aromatic nitrogens is 1. The summed E-state index contributed by atoms with van der Waals surface area (Å²) in [5.74, 6) is -1.77. The minimum absolute atomic E-state index is 0.0756. The molecular formula is C13H14FNO3. The average Bonchev–Trinajstić information content (AvgIpc) is 2.68. The van der Waals surface area contributed by atoms with Gasteiger partial charge in [0.1, 0.15) is 5.82 Å². The third kappa shape index (κ3) is 1.86. The van der Waals surface area contributed by atoms with Gasteiger partial charge in [0.15, 0.2) is 6.10 Å². The van der Waals surface area contributed by atoms with Gasteiger partial charge in [-0.2, -0.15) is 0 Å². The molecule has 0 spiro atoms. The molecule has 0 radical (unpaired) electrons. The zero-order valence-electron chi connectivity index (χ0n) is 10.1. The zero-order chi connectivity index (χ0) is 13.4. The third-order valence-corrected chi connectivity index (χ3v) is 2.89. The Labute approximate surface area is 103 Å². The van der Waals surface area contributed by atoms with Gasteiger partial charge in [0.2, 0.25) is 0 Å². The highest BCUT2D eigenvalue weighted by molar-refractivity contribution is 5.84. The topological polar surface area (TPSA) is 62.5 Å². The molecule has 96 valence electrons. The normalized spacial score (nSPS) is 13.2. The van der Waals surface area contributed by atoms with Crippen molar-refractivity contribution in [2.45, 2.75) is 26.0 Å². The molecule has 1 unspecified atom stereocenters. The number of benzene rings is 1. The molecule has 18 heavy (non-hydrogen) atoms. The second kappa shape index (κ2) is 4.42. The summed E-state index contributed by atoms with van der Waals surface area (Å²) in [4.78, 5) is 10.9. The van der Waals surface area contributed by atoms with Gasteiger partial charge in [-0.05, 0) is 32.0 Å². The predicted octanol–water partition coefficient (Wildman–Crippen LogP) is 2.48. The summed E-state index contributed by atoms with van der Waals surface area (Å²) in [6.45, 7) is 3.70. The first-order valence-electron chi connectivity index (χ1n) is 5.63. The lowest BCUT2D eigenvalue weighted by Crippen LogP contribution is -2.16. The molecule has 0 aliphatic carbocycles. The monoisotopic (exact) mass is 251 g/mol. The van der Waals surface area contributed by atoms with Crippen LogP contribution in [-0.2, 0) is 4.79 Å². The SMILES string of the molecule is CC(C)n1c(C(O)C(=O)O)cc2c(F)cccc21. The number of carbonyl (C=O) groups is 1. The molecule has 0 saturated carbocycles. The molecule has 0 aliphatic heterocycles. The first kappa shape index (κ1) is 12.6. The number of halogens is 1. The smallest absolute Gasteiger partial charge is 0.338 e. The molecule has 2 aromatic rings. The van der Waals surface area contributed by atoms with E-state index >= 15 is 0 Å². The molecule has 0 amide bonds. The highest BCUT2D eigenvalue weighted by atomic mass is 19.1. The van der Waals surface area contributed by atoms with Crippen LogP contribution in [0.3, 0.4) is 0 Å². The fourth-order valence-corrected chi connectivity index (χ4v) is 2.15. The molecule has 0 saturated heterocycles. The molecular weight excluding hydrogens is 237 g/mol. The Morgan fingerprint density at radius 3 is 2.61 bits per heavy atom. The van der Waals surface area contributed by atoms with E-state index in [9.17, 15) is 14.3 Å². The zero-order valence-corrected chi connectivity index (χ0v) is 10.1. The van der Waals surface area contributed by atoms with E-state index in [1.165, 1.54) is 12.1 Å². The van der Waals surface area contributed by atoms with Gasteiger partial charge in [-0.25, -0.2) is 9.18 Å². The summed E-state index contributed by atoms with van der Waals surface area (Å²) in [6.07, 6.45) is -1.65. The molecule has 0 bridgehead atoms. The number of aliphatic carboxylic acids is 1. The fourth-order valence-electron chi connectivity index (χ4n) is 2.15. The van der Waals surface area contributed by atoms with Crippen LogP contribution in [0.25, 0.3) is 10.9 Å². The second-order valence-electron chi connectivity index (χ2n) is 4.45. The van der Waals surface area contributed by atoms with Gasteiger partial charge in [0, 0.05) is 11.4 Å². The number of hydrogen-bond acceptors (Lipinski definition) is 2. The standard InChI is InChI=1S/C13H14FNO3/c1-7(2)15-10-5-3-4-9(14)8(10)6-11(15)12(16)13(17)18/h3-7,12,16H,1-2H3,(H,17,18). The van der Waals surface area contributed by atoms with Crippen molar-refractivity contribution in [1.29, 1.82) is 0 Å². The van der Waals surface area contributed by atoms with E-state index in [2.05, 4.69) is 0 Å². The van der Waals surface area contributed by atoms with Crippen LogP contribution >= 0.6 is 0 Å². The number of rotatable bonds is 3. The Balaban J connectivity index is 2.77. The van der Waals surface area contributed by atoms with Gasteiger partial charge >= 0.3 is 5.97 Å². The van der Waals surface area contributed by atoms with Crippen molar-refractivity contribution in [3.05, 3.63) is 35.8 Å². The highest BCUT2D eigenvalue weighted by Gasteiger charge is 2.24. The lowest BCUT2D eigenvalue weighted by molar-refractivity contribution is -0.147. The summed E-state index contributed by atoms with van der Waals surface area (Å²) in [6, 6.07) is 5.89. The molecule has 0 aliphatic rings. The van der Waals surface area contributed by atoms with Crippen LogP contribution in [0.4, 0.5) is 4.39 Å². The molecule has 1 heterocycles. The van der Waals surface area contributed by atoms with Crippen LogP contribution < -0.4 is 0 Å². The molecule has 4 nitrogen and oxygen atoms in total. The summed E-state index contributed by atoms with van der Waals surface area (Å²) < 4.78 is 15.3. The maximum Gasteiger partial charge on any atom is 0.338 e. The molecule has 2 N–H and O–H groups in total. The largest absolute Gasteiger partial charge is 0.479 e. The average molecular weight is 251 g/mol. The van der Waals surface area contributed by atoms with Gasteiger partial charge < -0.3 is 14.8 Å². The maximum absolute atomic E-state index is 13.7. The van der Waals surface area contributed by atoms with Gasteiger partial charge in [-0.1, -0.05) is 6.07 Å². The Bertz CT molecular complexity index is 604. The van der Waals surface area contributed by atoms with Crippen molar-refractivity contribution in [3.63, 3.8) is 0 Å². The summed E-state index contributed by atoms with van der Waals surface area (Å²) in [7, 11) is 0. The first-order valence-corrected chi connectivity index (χ1v) is 5.63. The van der Waals surface area contributed by atoms with Crippen LogP contribution in [0.15, 0.2) is 24.3 Å². The Morgan fingerprint density at radius 2 is 2.06 bits per heavy atom. The highest BCUT2D eigenvalue weighted by Crippen LogP contribution is 2.29. The Morgan fingerprint density at radius 1 is 1.39 bits per heavy atom. The number of hydrogen-bond donors (Lipinski definition) is 2. The van der Waals surface area contributed by atoms with Gasteiger partial charge in [0.25, 0.3) is 0 Å². The maximum atomic E-state index is 13.7. The Hall–Kier alpha value is -1.88. The van der Waals surface area contributed by atoms with Gasteiger partial charge in [-0.15, -0.1) is 0 Å². The number of carboxylic acids is 1. The third-order valence-electron chi connectivity index (χ3n) is 2.89. The minimum Gasteiger partial charge on any atom is -0.479 e. The van der Waals surface area contributed by atoms with Crippen LogP contribution in [0.1, 0.15) is 31.7 Å². The lowest BCUT2D eigenvalue weighted by Gasteiger charge is -2.16. The summed E-state index contributed by atoms with van der Waals surface area (Å²) in [5, 5.41) is 18.9. The predicted molar refractivity (Wildman–Crippen MR) is 64.9 cm³/mol. The molecule has 2 rings (SSSR count). The molecule has 1 atom stereocenters. The van der Waals surface area contributed by atoms with Crippen LogP contribution in [0, 0.1) is 5.82 Å². The van der Waals surface area contributed by atoms with Gasteiger partial charge in [0.05, 0.1) is 11.2 Å². The van der Waals surface area contributed by atoms with Crippen molar-refractivity contribution < 1.29 is 19.4 Å². The van der Waals surface area contributed by atoms with Crippen LogP contribution in [-0.4, -0.2) is 20.7 Å². The molecule has 0 fully saturated rings. The molecule has 1 aromatic heterocycles. The van der Waals surface area contributed by atoms with Crippen molar-refractivity contribution in [2.24, 2.45) is 0 Å². The lowest BCUT2D eigenvalue weighted by atomic mass is 10.2. The van der Waals surface area contributed by atoms with Gasteiger partial charge in [-0.3, -0.25) is 0 Å². The van der Waals surface area contributed by atoms with Crippen molar-refractivity contribution in [1.82, 2.24) is 4.57 Å². The van der Waals surface area contributed by atoms with E-state index in [1.54, 1.807) is 16.7 Å². The number of aliphatic hydroxyl groups is 1.